The predicted molar refractivity (Wildman–Crippen MR) is 55.6 cm³/mol. The van der Waals surface area contributed by atoms with E-state index in [0.717, 1.165) is 18.5 Å². The molecule has 0 amide bonds. The highest BCUT2D eigenvalue weighted by molar-refractivity contribution is 5.02. The highest BCUT2D eigenvalue weighted by Crippen LogP contribution is 2.44. The van der Waals surface area contributed by atoms with Crippen molar-refractivity contribution in [1.82, 2.24) is 4.90 Å². The van der Waals surface area contributed by atoms with E-state index in [1.165, 1.54) is 32.1 Å². The summed E-state index contributed by atoms with van der Waals surface area (Å²) in [6, 6.07) is 0.828. The smallest absolute Gasteiger partial charge is 0.0331 e. The summed E-state index contributed by atoms with van der Waals surface area (Å²) in [4.78, 5) is 2.56. The summed E-state index contributed by atoms with van der Waals surface area (Å²) >= 11 is 0. The van der Waals surface area contributed by atoms with Gasteiger partial charge < -0.3 is 5.73 Å². The fourth-order valence-corrected chi connectivity index (χ4v) is 2.49. The maximum atomic E-state index is 5.92. The van der Waals surface area contributed by atoms with Crippen LogP contribution < -0.4 is 5.73 Å². The van der Waals surface area contributed by atoms with E-state index in [1.807, 2.05) is 0 Å². The van der Waals surface area contributed by atoms with Crippen molar-refractivity contribution in [2.75, 3.05) is 13.6 Å². The van der Waals surface area contributed by atoms with Gasteiger partial charge in [0.05, 0.1) is 0 Å². The largest absolute Gasteiger partial charge is 0.329 e. The Bertz CT molecular complexity index is 185. The van der Waals surface area contributed by atoms with Crippen molar-refractivity contribution in [2.45, 2.75) is 50.6 Å². The van der Waals surface area contributed by atoms with Crippen molar-refractivity contribution in [1.29, 1.82) is 0 Å². The molecule has 2 N–H and O–H groups in total. The standard InChI is InChI=1S/C11H22N2/c1-11(8-12,9-6-7-9)13(2)10-4-3-5-10/h9-10H,3-8,12H2,1-2H3. The van der Waals surface area contributed by atoms with E-state index in [4.69, 9.17) is 5.73 Å². The lowest BCUT2D eigenvalue weighted by Gasteiger charge is -2.47. The number of hydrogen-bond donors (Lipinski definition) is 1. The lowest BCUT2D eigenvalue weighted by molar-refractivity contribution is 0.0351. The molecule has 2 saturated carbocycles. The molecule has 2 aliphatic carbocycles. The molecule has 0 radical (unpaired) electrons. The second-order valence-corrected chi connectivity index (χ2v) is 5.03. The van der Waals surface area contributed by atoms with E-state index in [2.05, 4.69) is 18.9 Å². The zero-order valence-corrected chi connectivity index (χ0v) is 8.92. The molecule has 0 aromatic heterocycles. The lowest BCUT2D eigenvalue weighted by Crippen LogP contribution is -2.57. The highest BCUT2D eigenvalue weighted by atomic mass is 15.2. The zero-order valence-electron chi connectivity index (χ0n) is 8.92. The second kappa shape index (κ2) is 3.25. The number of hydrogen-bond acceptors (Lipinski definition) is 2. The maximum absolute atomic E-state index is 5.92. The van der Waals surface area contributed by atoms with Gasteiger partial charge in [0.15, 0.2) is 0 Å². The minimum Gasteiger partial charge on any atom is -0.329 e. The molecule has 76 valence electrons. The van der Waals surface area contributed by atoms with Crippen molar-refractivity contribution < 1.29 is 0 Å². The van der Waals surface area contributed by atoms with Gasteiger partial charge in [-0.15, -0.1) is 0 Å². The molecule has 2 fully saturated rings. The first-order valence-corrected chi connectivity index (χ1v) is 5.61. The summed E-state index contributed by atoms with van der Waals surface area (Å²) in [5.41, 5.74) is 6.22. The van der Waals surface area contributed by atoms with Gasteiger partial charge in [-0.25, -0.2) is 0 Å². The summed E-state index contributed by atoms with van der Waals surface area (Å²) in [6.45, 7) is 3.17. The molecule has 0 aliphatic heterocycles. The molecule has 0 aromatic rings. The molecule has 1 atom stereocenters. The Labute approximate surface area is 81.5 Å². The summed E-state index contributed by atoms with van der Waals surface area (Å²) in [6.07, 6.45) is 6.98. The van der Waals surface area contributed by atoms with Crippen LogP contribution in [-0.2, 0) is 0 Å². The topological polar surface area (TPSA) is 29.3 Å². The Morgan fingerprint density at radius 1 is 1.31 bits per heavy atom. The molecular weight excluding hydrogens is 160 g/mol. The minimum absolute atomic E-state index is 0.297. The quantitative estimate of drug-likeness (QED) is 0.715. The Morgan fingerprint density at radius 2 is 1.92 bits per heavy atom. The van der Waals surface area contributed by atoms with Crippen LogP contribution in [-0.4, -0.2) is 30.1 Å². The van der Waals surface area contributed by atoms with Crippen LogP contribution in [0.25, 0.3) is 0 Å². The van der Waals surface area contributed by atoms with Crippen LogP contribution in [0, 0.1) is 5.92 Å². The van der Waals surface area contributed by atoms with E-state index in [9.17, 15) is 0 Å². The lowest BCUT2D eigenvalue weighted by atomic mass is 9.85. The molecule has 1 unspecified atom stereocenters. The average Bonchev–Trinajstić information content (AvgIpc) is 2.82. The molecule has 2 heteroatoms. The Balaban J connectivity index is 2.00. The third-order valence-corrected chi connectivity index (χ3v) is 4.30. The van der Waals surface area contributed by atoms with Crippen molar-refractivity contribution in [2.24, 2.45) is 11.7 Å². The Kier molecular flexibility index (Phi) is 2.37. The van der Waals surface area contributed by atoms with E-state index < -0.39 is 0 Å². The molecule has 13 heavy (non-hydrogen) atoms. The van der Waals surface area contributed by atoms with Crippen molar-refractivity contribution >= 4 is 0 Å². The van der Waals surface area contributed by atoms with Crippen molar-refractivity contribution in [3.8, 4) is 0 Å². The summed E-state index contributed by atoms with van der Waals surface area (Å²) < 4.78 is 0. The van der Waals surface area contributed by atoms with Crippen molar-refractivity contribution in [3.05, 3.63) is 0 Å². The molecule has 0 heterocycles. The van der Waals surface area contributed by atoms with Crippen LogP contribution >= 0.6 is 0 Å². The molecule has 0 aromatic carbocycles. The molecule has 0 bridgehead atoms. The molecule has 2 rings (SSSR count). The summed E-state index contributed by atoms with van der Waals surface area (Å²) in [7, 11) is 2.27. The molecule has 0 saturated heterocycles. The normalized spacial score (nSPS) is 28.6. The monoisotopic (exact) mass is 182 g/mol. The third kappa shape index (κ3) is 1.50. The second-order valence-electron chi connectivity index (χ2n) is 5.03. The summed E-state index contributed by atoms with van der Waals surface area (Å²) in [5.74, 6) is 0.878. The van der Waals surface area contributed by atoms with Crippen LogP contribution in [0.4, 0.5) is 0 Å². The van der Waals surface area contributed by atoms with Crippen LogP contribution in [0.3, 0.4) is 0 Å². The first-order chi connectivity index (χ1) is 6.18. The Morgan fingerprint density at radius 3 is 2.23 bits per heavy atom. The van der Waals surface area contributed by atoms with Crippen LogP contribution in [0.2, 0.25) is 0 Å². The molecular formula is C11H22N2. The van der Waals surface area contributed by atoms with Crippen LogP contribution in [0.15, 0.2) is 0 Å². The number of nitrogens with two attached hydrogens (primary N) is 1. The van der Waals surface area contributed by atoms with E-state index >= 15 is 0 Å². The van der Waals surface area contributed by atoms with Crippen LogP contribution in [0.1, 0.15) is 39.0 Å². The molecule has 2 aliphatic rings. The van der Waals surface area contributed by atoms with Gasteiger partial charge in [0.25, 0.3) is 0 Å². The van der Waals surface area contributed by atoms with Crippen molar-refractivity contribution in [3.63, 3.8) is 0 Å². The SMILES string of the molecule is CN(C1CCC1)C(C)(CN)C1CC1. The first-order valence-electron chi connectivity index (χ1n) is 5.61. The van der Waals surface area contributed by atoms with Gasteiger partial charge in [0, 0.05) is 18.1 Å². The van der Waals surface area contributed by atoms with Gasteiger partial charge in [-0.2, -0.15) is 0 Å². The third-order valence-electron chi connectivity index (χ3n) is 4.30. The maximum Gasteiger partial charge on any atom is 0.0331 e. The van der Waals surface area contributed by atoms with Gasteiger partial charge in [-0.05, 0) is 45.6 Å². The van der Waals surface area contributed by atoms with Gasteiger partial charge in [0.1, 0.15) is 0 Å². The van der Waals surface area contributed by atoms with E-state index in [-0.39, 0.29) is 0 Å². The number of rotatable bonds is 4. The van der Waals surface area contributed by atoms with Gasteiger partial charge in [-0.1, -0.05) is 6.42 Å². The molecule has 0 spiro atoms. The van der Waals surface area contributed by atoms with E-state index in [1.54, 1.807) is 0 Å². The fourth-order valence-electron chi connectivity index (χ4n) is 2.49. The highest BCUT2D eigenvalue weighted by Gasteiger charge is 2.46. The molecule has 2 nitrogen and oxygen atoms in total. The van der Waals surface area contributed by atoms with E-state index in [0.29, 0.717) is 5.54 Å². The van der Waals surface area contributed by atoms with Gasteiger partial charge >= 0.3 is 0 Å². The number of nitrogens with zero attached hydrogens (tertiary/aromatic N) is 1. The van der Waals surface area contributed by atoms with Crippen LogP contribution in [0.5, 0.6) is 0 Å². The van der Waals surface area contributed by atoms with Gasteiger partial charge in [-0.3, -0.25) is 4.90 Å². The Hall–Kier alpha value is -0.0800. The predicted octanol–water partition coefficient (Wildman–Crippen LogP) is 1.60. The fraction of sp³-hybridized carbons (Fsp3) is 1.00. The van der Waals surface area contributed by atoms with Gasteiger partial charge in [0.2, 0.25) is 0 Å². The average molecular weight is 182 g/mol. The number of likely N-dealkylation sites (N-methyl/N-ethyl adjacent to an activating group) is 1. The zero-order chi connectivity index (χ0) is 9.47. The first kappa shape index (κ1) is 9.47. The minimum atomic E-state index is 0.297. The summed E-state index contributed by atoms with van der Waals surface area (Å²) in [5, 5.41) is 0.